The van der Waals surface area contributed by atoms with E-state index in [9.17, 15) is 4.79 Å². The van der Waals surface area contributed by atoms with Crippen LogP contribution < -0.4 is 10.9 Å². The molecule has 1 heterocycles. The van der Waals surface area contributed by atoms with Crippen LogP contribution in [-0.4, -0.2) is 41.0 Å². The number of nitrogens with zero attached hydrogens (tertiary/aromatic N) is 2. The summed E-state index contributed by atoms with van der Waals surface area (Å²) in [6.07, 6.45) is 3.09. The van der Waals surface area contributed by atoms with Crippen LogP contribution in [0.15, 0.2) is 17.2 Å². The van der Waals surface area contributed by atoms with Crippen LogP contribution in [0.4, 0.5) is 5.82 Å². The molecule has 0 aliphatic carbocycles. The van der Waals surface area contributed by atoms with E-state index in [-0.39, 0.29) is 5.56 Å². The first-order valence-corrected chi connectivity index (χ1v) is 5.09. The highest BCUT2D eigenvalue weighted by atomic mass is 16.1. The van der Waals surface area contributed by atoms with Crippen LogP contribution in [0.2, 0.25) is 0 Å². The highest BCUT2D eigenvalue weighted by Crippen LogP contribution is 1.93. The summed E-state index contributed by atoms with van der Waals surface area (Å²) >= 11 is 0. The van der Waals surface area contributed by atoms with Gasteiger partial charge in [-0.15, -0.1) is 0 Å². The third kappa shape index (κ3) is 3.71. The highest BCUT2D eigenvalue weighted by molar-refractivity contribution is 5.29. The van der Waals surface area contributed by atoms with Crippen LogP contribution in [0.1, 0.15) is 13.8 Å². The monoisotopic (exact) mass is 210 g/mol. The molecule has 0 saturated carbocycles. The molecule has 0 unspecified atom stereocenters. The SMILES string of the molecule is CC(C)N(C)CCNc1ncc[nH]c1=O. The van der Waals surface area contributed by atoms with Crippen molar-refractivity contribution in [3.8, 4) is 0 Å². The minimum Gasteiger partial charge on any atom is -0.364 e. The molecule has 5 heteroatoms. The van der Waals surface area contributed by atoms with E-state index in [0.29, 0.717) is 11.9 Å². The molecule has 0 radical (unpaired) electrons. The van der Waals surface area contributed by atoms with Gasteiger partial charge < -0.3 is 15.2 Å². The molecule has 5 nitrogen and oxygen atoms in total. The number of hydrogen-bond donors (Lipinski definition) is 2. The molecule has 84 valence electrons. The standard InChI is InChI=1S/C10H18N4O/c1-8(2)14(3)7-6-12-9-10(15)13-5-4-11-9/h4-5,8H,6-7H2,1-3H3,(H,11,12)(H,13,15). The second-order valence-corrected chi connectivity index (χ2v) is 3.77. The van der Waals surface area contributed by atoms with E-state index in [1.54, 1.807) is 6.20 Å². The fourth-order valence-corrected chi connectivity index (χ4v) is 1.09. The van der Waals surface area contributed by atoms with Gasteiger partial charge in [0.15, 0.2) is 5.82 Å². The van der Waals surface area contributed by atoms with Crippen LogP contribution in [-0.2, 0) is 0 Å². The summed E-state index contributed by atoms with van der Waals surface area (Å²) in [4.78, 5) is 19.9. The lowest BCUT2D eigenvalue weighted by atomic mass is 10.3. The van der Waals surface area contributed by atoms with Gasteiger partial charge in [-0.1, -0.05) is 0 Å². The first-order chi connectivity index (χ1) is 7.11. The molecule has 15 heavy (non-hydrogen) atoms. The molecule has 1 rings (SSSR count). The first kappa shape index (κ1) is 11.7. The Balaban J connectivity index is 2.39. The predicted octanol–water partition coefficient (Wildman–Crippen LogP) is 0.522. The Kier molecular flexibility index (Phi) is 4.30. The van der Waals surface area contributed by atoms with Crippen molar-refractivity contribution in [3.05, 3.63) is 22.7 Å². The molecule has 1 aromatic heterocycles. The van der Waals surface area contributed by atoms with Crippen molar-refractivity contribution < 1.29 is 0 Å². The number of nitrogens with one attached hydrogen (secondary N) is 2. The highest BCUT2D eigenvalue weighted by Gasteiger charge is 2.03. The van der Waals surface area contributed by atoms with Crippen LogP contribution >= 0.6 is 0 Å². The maximum Gasteiger partial charge on any atom is 0.290 e. The fraction of sp³-hybridized carbons (Fsp3) is 0.600. The Morgan fingerprint density at radius 3 is 2.93 bits per heavy atom. The number of rotatable bonds is 5. The minimum atomic E-state index is -0.176. The van der Waals surface area contributed by atoms with Crippen molar-refractivity contribution in [2.45, 2.75) is 19.9 Å². The van der Waals surface area contributed by atoms with Crippen molar-refractivity contribution in [1.29, 1.82) is 0 Å². The lowest BCUT2D eigenvalue weighted by Crippen LogP contribution is -2.32. The van der Waals surface area contributed by atoms with Gasteiger partial charge in [0.1, 0.15) is 0 Å². The maximum absolute atomic E-state index is 11.2. The van der Waals surface area contributed by atoms with Gasteiger partial charge >= 0.3 is 0 Å². The van der Waals surface area contributed by atoms with E-state index >= 15 is 0 Å². The molecule has 0 amide bonds. The molecule has 0 bridgehead atoms. The average Bonchev–Trinajstić information content (AvgIpc) is 2.20. The van der Waals surface area contributed by atoms with Crippen LogP contribution in [0.25, 0.3) is 0 Å². The summed E-state index contributed by atoms with van der Waals surface area (Å²) in [5.41, 5.74) is -0.176. The first-order valence-electron chi connectivity index (χ1n) is 5.09. The zero-order valence-corrected chi connectivity index (χ0v) is 9.45. The van der Waals surface area contributed by atoms with Gasteiger partial charge in [-0.2, -0.15) is 0 Å². The fourth-order valence-electron chi connectivity index (χ4n) is 1.09. The second kappa shape index (κ2) is 5.50. The Hall–Kier alpha value is -1.36. The van der Waals surface area contributed by atoms with Gasteiger partial charge in [-0.25, -0.2) is 4.98 Å². The van der Waals surface area contributed by atoms with Gasteiger partial charge in [0.2, 0.25) is 0 Å². The molecule has 0 atom stereocenters. The minimum absolute atomic E-state index is 0.176. The molecule has 0 saturated heterocycles. The van der Waals surface area contributed by atoms with Gasteiger partial charge in [0.25, 0.3) is 5.56 Å². The van der Waals surface area contributed by atoms with Crippen LogP contribution in [0.3, 0.4) is 0 Å². The van der Waals surface area contributed by atoms with E-state index in [0.717, 1.165) is 13.1 Å². The largest absolute Gasteiger partial charge is 0.364 e. The van der Waals surface area contributed by atoms with E-state index in [1.807, 2.05) is 0 Å². The van der Waals surface area contributed by atoms with Gasteiger partial charge in [-0.05, 0) is 20.9 Å². The van der Waals surface area contributed by atoms with Gasteiger partial charge in [-0.3, -0.25) is 4.79 Å². The van der Waals surface area contributed by atoms with E-state index in [1.165, 1.54) is 6.20 Å². The van der Waals surface area contributed by atoms with E-state index < -0.39 is 0 Å². The van der Waals surface area contributed by atoms with E-state index in [4.69, 9.17) is 0 Å². The van der Waals surface area contributed by atoms with Crippen molar-refractivity contribution in [2.24, 2.45) is 0 Å². The van der Waals surface area contributed by atoms with Crippen molar-refractivity contribution >= 4 is 5.82 Å². The number of aromatic amines is 1. The normalized spacial score (nSPS) is 11.0. The number of hydrogen-bond acceptors (Lipinski definition) is 4. The summed E-state index contributed by atoms with van der Waals surface area (Å²) in [6, 6.07) is 0.508. The lowest BCUT2D eigenvalue weighted by molar-refractivity contribution is 0.284. The summed E-state index contributed by atoms with van der Waals surface area (Å²) in [7, 11) is 2.05. The molecule has 0 spiro atoms. The average molecular weight is 210 g/mol. The molecule has 1 aromatic rings. The predicted molar refractivity (Wildman–Crippen MR) is 61.1 cm³/mol. The Bertz CT molecular complexity index is 347. The third-order valence-electron chi connectivity index (χ3n) is 2.35. The van der Waals surface area contributed by atoms with Crippen molar-refractivity contribution in [3.63, 3.8) is 0 Å². The number of aromatic nitrogens is 2. The topological polar surface area (TPSA) is 61.0 Å². The lowest BCUT2D eigenvalue weighted by Gasteiger charge is -2.20. The molecule has 0 aromatic carbocycles. The maximum atomic E-state index is 11.2. The number of likely N-dealkylation sites (N-methyl/N-ethyl adjacent to an activating group) is 1. The number of anilines is 1. The zero-order chi connectivity index (χ0) is 11.3. The molecular formula is C10H18N4O. The Morgan fingerprint density at radius 1 is 1.60 bits per heavy atom. The molecule has 0 aliphatic heterocycles. The van der Waals surface area contributed by atoms with Gasteiger partial charge in [0.05, 0.1) is 0 Å². The summed E-state index contributed by atoms with van der Waals surface area (Å²) < 4.78 is 0. The smallest absolute Gasteiger partial charge is 0.290 e. The van der Waals surface area contributed by atoms with Gasteiger partial charge in [0, 0.05) is 31.5 Å². The molecule has 2 N–H and O–H groups in total. The summed E-state index contributed by atoms with van der Waals surface area (Å²) in [5, 5.41) is 3.00. The van der Waals surface area contributed by atoms with E-state index in [2.05, 4.69) is 41.1 Å². The molecule has 0 aliphatic rings. The van der Waals surface area contributed by atoms with Crippen molar-refractivity contribution in [1.82, 2.24) is 14.9 Å². The second-order valence-electron chi connectivity index (χ2n) is 3.77. The summed E-state index contributed by atoms with van der Waals surface area (Å²) in [5.74, 6) is 0.384. The molecular weight excluding hydrogens is 192 g/mol. The van der Waals surface area contributed by atoms with Crippen molar-refractivity contribution in [2.75, 3.05) is 25.5 Å². The number of H-pyrrole nitrogens is 1. The quantitative estimate of drug-likeness (QED) is 0.744. The Labute approximate surface area is 89.5 Å². The third-order valence-corrected chi connectivity index (χ3v) is 2.35. The Morgan fingerprint density at radius 2 is 2.33 bits per heavy atom. The zero-order valence-electron chi connectivity index (χ0n) is 9.45. The molecule has 0 fully saturated rings. The summed E-state index contributed by atoms with van der Waals surface area (Å²) in [6.45, 7) is 5.86. The van der Waals surface area contributed by atoms with Crippen LogP contribution in [0, 0.1) is 0 Å². The van der Waals surface area contributed by atoms with Crippen LogP contribution in [0.5, 0.6) is 0 Å².